The van der Waals surface area contributed by atoms with Gasteiger partial charge in [-0.15, -0.1) is 0 Å². The molecule has 1 N–H and O–H groups in total. The fourth-order valence-electron chi connectivity index (χ4n) is 2.80. The van der Waals surface area contributed by atoms with E-state index < -0.39 is 5.97 Å². The lowest BCUT2D eigenvalue weighted by Gasteiger charge is -2.21. The van der Waals surface area contributed by atoms with Crippen LogP contribution < -0.4 is 0 Å². The maximum Gasteiger partial charge on any atom is 0.337 e. The first-order chi connectivity index (χ1) is 9.77. The maximum absolute atomic E-state index is 13.3. The van der Waals surface area contributed by atoms with E-state index in [1.165, 1.54) is 12.1 Å². The third-order valence-corrected chi connectivity index (χ3v) is 3.75. The van der Waals surface area contributed by atoms with E-state index in [0.29, 0.717) is 12.1 Å². The summed E-state index contributed by atoms with van der Waals surface area (Å²) in [4.78, 5) is 16.1. The Hall–Kier alpha value is -2.23. The highest BCUT2D eigenvalue weighted by atomic mass is 19.1. The molecule has 4 heteroatoms. The molecule has 0 fully saturated rings. The van der Waals surface area contributed by atoms with Crippen molar-refractivity contribution in [2.45, 2.75) is 32.6 Å². The molecule has 21 heavy (non-hydrogen) atoms. The van der Waals surface area contributed by atoms with Crippen LogP contribution in [0.5, 0.6) is 0 Å². The van der Waals surface area contributed by atoms with E-state index >= 15 is 0 Å². The molecule has 0 aliphatic heterocycles. The van der Waals surface area contributed by atoms with Crippen LogP contribution in [0.2, 0.25) is 0 Å². The van der Waals surface area contributed by atoms with Crippen LogP contribution in [0.15, 0.2) is 24.3 Å². The van der Waals surface area contributed by atoms with E-state index in [4.69, 9.17) is 0 Å². The van der Waals surface area contributed by atoms with Crippen LogP contribution in [0.1, 0.15) is 48.0 Å². The Bertz CT molecular complexity index is 760. The van der Waals surface area contributed by atoms with Gasteiger partial charge in [0.25, 0.3) is 0 Å². The number of aromatic nitrogens is 1. The minimum atomic E-state index is -0.975. The lowest BCUT2D eigenvalue weighted by Crippen LogP contribution is -2.20. The van der Waals surface area contributed by atoms with Gasteiger partial charge in [0.1, 0.15) is 5.82 Å². The fourth-order valence-corrected chi connectivity index (χ4v) is 2.80. The fraction of sp³-hybridized carbons (Fsp3) is 0.294. The molecule has 0 spiro atoms. The molecule has 108 valence electrons. The minimum Gasteiger partial charge on any atom is -0.478 e. The summed E-state index contributed by atoms with van der Waals surface area (Å²) in [5, 5.41) is 9.42. The molecule has 1 aliphatic rings. The summed E-state index contributed by atoms with van der Waals surface area (Å²) < 4.78 is 13.3. The first kappa shape index (κ1) is 13.7. The zero-order valence-corrected chi connectivity index (χ0v) is 12.2. The Morgan fingerprint density at radius 2 is 1.95 bits per heavy atom. The Kier molecular flexibility index (Phi) is 2.87. The second-order valence-electron chi connectivity index (χ2n) is 6.43. The highest BCUT2D eigenvalue weighted by Gasteiger charge is 2.29. The number of fused-ring (bicyclic) bond motifs is 3. The number of aromatic carboxylic acids is 1. The number of nitrogens with zero attached hydrogens (tertiary/aromatic N) is 1. The molecule has 0 amide bonds. The van der Waals surface area contributed by atoms with Crippen molar-refractivity contribution < 1.29 is 14.3 Å². The molecule has 0 saturated carbocycles. The Morgan fingerprint density at radius 1 is 1.24 bits per heavy atom. The van der Waals surface area contributed by atoms with Gasteiger partial charge in [-0.05, 0) is 35.4 Å². The smallest absolute Gasteiger partial charge is 0.337 e. The van der Waals surface area contributed by atoms with Crippen molar-refractivity contribution in [3.63, 3.8) is 0 Å². The van der Waals surface area contributed by atoms with Crippen molar-refractivity contribution >= 4 is 5.97 Å². The molecule has 0 bridgehead atoms. The van der Waals surface area contributed by atoms with Crippen LogP contribution in [0.25, 0.3) is 11.3 Å². The van der Waals surface area contributed by atoms with Crippen LogP contribution in [-0.4, -0.2) is 16.1 Å². The summed E-state index contributed by atoms with van der Waals surface area (Å²) in [7, 11) is 0. The molecular formula is C17H16FNO2. The van der Waals surface area contributed by atoms with Crippen molar-refractivity contribution in [3.05, 3.63) is 52.5 Å². The monoisotopic (exact) mass is 285 g/mol. The minimum absolute atomic E-state index is 0.231. The summed E-state index contributed by atoms with van der Waals surface area (Å²) in [6.45, 7) is 5.82. The molecule has 1 aromatic heterocycles. The predicted octanol–water partition coefficient (Wildman–Crippen LogP) is 3.79. The number of hydrogen-bond donors (Lipinski definition) is 1. The number of carboxylic acid groups (broad SMARTS) is 1. The highest BCUT2D eigenvalue weighted by Crippen LogP contribution is 2.38. The molecule has 0 saturated heterocycles. The zero-order valence-electron chi connectivity index (χ0n) is 12.2. The number of hydrogen-bond acceptors (Lipinski definition) is 2. The van der Waals surface area contributed by atoms with E-state index in [1.54, 1.807) is 12.1 Å². The van der Waals surface area contributed by atoms with Gasteiger partial charge >= 0.3 is 5.97 Å². The number of halogens is 1. The molecule has 3 rings (SSSR count). The molecule has 2 aromatic rings. The lowest BCUT2D eigenvalue weighted by molar-refractivity contribution is 0.0693. The summed E-state index contributed by atoms with van der Waals surface area (Å²) in [5.41, 5.74) is 3.81. The van der Waals surface area contributed by atoms with Crippen molar-refractivity contribution in [3.8, 4) is 11.3 Å². The van der Waals surface area contributed by atoms with Gasteiger partial charge in [-0.2, -0.15) is 0 Å². The van der Waals surface area contributed by atoms with Crippen molar-refractivity contribution in [1.29, 1.82) is 0 Å². The molecule has 0 unspecified atom stereocenters. The molecule has 3 nitrogen and oxygen atoms in total. The van der Waals surface area contributed by atoms with E-state index in [9.17, 15) is 14.3 Å². The van der Waals surface area contributed by atoms with E-state index in [-0.39, 0.29) is 16.8 Å². The molecule has 0 radical (unpaired) electrons. The first-order valence-electron chi connectivity index (χ1n) is 6.84. The summed E-state index contributed by atoms with van der Waals surface area (Å²) in [6.07, 6.45) is 0.528. The van der Waals surface area contributed by atoms with Gasteiger partial charge in [0.15, 0.2) is 0 Å². The number of carboxylic acids is 1. The van der Waals surface area contributed by atoms with Gasteiger partial charge < -0.3 is 5.11 Å². The molecule has 1 aromatic carbocycles. The molecular weight excluding hydrogens is 269 g/mol. The number of benzene rings is 1. The van der Waals surface area contributed by atoms with E-state index in [1.807, 2.05) is 20.8 Å². The Labute approximate surface area is 122 Å². The summed E-state index contributed by atoms with van der Waals surface area (Å²) >= 11 is 0. The SMILES string of the molecule is CC(C)(C)c1nc2c(cc1C(=O)O)Cc1cc(F)ccc1-2. The van der Waals surface area contributed by atoms with Gasteiger partial charge in [-0.3, -0.25) is 4.98 Å². The third kappa shape index (κ3) is 2.20. The van der Waals surface area contributed by atoms with Gasteiger partial charge in [0.2, 0.25) is 0 Å². The number of pyridine rings is 1. The molecule has 0 atom stereocenters. The van der Waals surface area contributed by atoms with Crippen LogP contribution in [0.4, 0.5) is 4.39 Å². The van der Waals surface area contributed by atoms with Gasteiger partial charge in [0.05, 0.1) is 17.0 Å². The van der Waals surface area contributed by atoms with Gasteiger partial charge in [-0.25, -0.2) is 9.18 Å². The second kappa shape index (κ2) is 4.38. The third-order valence-electron chi connectivity index (χ3n) is 3.75. The van der Waals surface area contributed by atoms with Gasteiger partial charge in [-0.1, -0.05) is 20.8 Å². The zero-order chi connectivity index (χ0) is 15.4. The lowest BCUT2D eigenvalue weighted by atomic mass is 9.87. The maximum atomic E-state index is 13.3. The first-order valence-corrected chi connectivity index (χ1v) is 6.84. The Balaban J connectivity index is 2.26. The topological polar surface area (TPSA) is 50.2 Å². The van der Waals surface area contributed by atoms with Crippen LogP contribution in [0.3, 0.4) is 0 Å². The standard InChI is InChI=1S/C17H16FNO2/c1-17(2,3)15-13(16(20)21)8-10-6-9-7-11(18)4-5-12(9)14(10)19-15/h4-5,7-8H,6H2,1-3H3,(H,20,21). The van der Waals surface area contributed by atoms with Crippen molar-refractivity contribution in [2.24, 2.45) is 0 Å². The number of carbonyl (C=O) groups is 1. The normalized spacial score (nSPS) is 13.0. The predicted molar refractivity (Wildman–Crippen MR) is 78.1 cm³/mol. The molecule has 1 heterocycles. The largest absolute Gasteiger partial charge is 0.478 e. The quantitative estimate of drug-likeness (QED) is 0.740. The van der Waals surface area contributed by atoms with Crippen LogP contribution in [-0.2, 0) is 11.8 Å². The molecule has 1 aliphatic carbocycles. The Morgan fingerprint density at radius 3 is 2.57 bits per heavy atom. The average Bonchev–Trinajstić information content (AvgIpc) is 2.72. The van der Waals surface area contributed by atoms with Crippen molar-refractivity contribution in [2.75, 3.05) is 0 Å². The highest BCUT2D eigenvalue weighted by molar-refractivity contribution is 5.91. The number of rotatable bonds is 1. The average molecular weight is 285 g/mol. The summed E-state index contributed by atoms with van der Waals surface area (Å²) in [6, 6.07) is 6.31. The van der Waals surface area contributed by atoms with Crippen LogP contribution >= 0.6 is 0 Å². The van der Waals surface area contributed by atoms with Crippen molar-refractivity contribution in [1.82, 2.24) is 4.98 Å². The van der Waals surface area contributed by atoms with Gasteiger partial charge in [0, 0.05) is 17.4 Å². The van der Waals surface area contributed by atoms with E-state index in [0.717, 1.165) is 22.4 Å². The second-order valence-corrected chi connectivity index (χ2v) is 6.43. The summed E-state index contributed by atoms with van der Waals surface area (Å²) in [5.74, 6) is -1.26. The van der Waals surface area contributed by atoms with E-state index in [2.05, 4.69) is 4.98 Å². The van der Waals surface area contributed by atoms with Crippen LogP contribution in [0, 0.1) is 5.82 Å².